The molecule has 0 atom stereocenters. The highest BCUT2D eigenvalue weighted by molar-refractivity contribution is 7.89. The summed E-state index contributed by atoms with van der Waals surface area (Å²) in [7, 11) is -3.03. The lowest BCUT2D eigenvalue weighted by atomic mass is 10.2. The van der Waals surface area contributed by atoms with Crippen LogP contribution in [0.15, 0.2) is 0 Å². The molecule has 0 aromatic heterocycles. The monoisotopic (exact) mass is 248 g/mol. The minimum absolute atomic E-state index is 0.203. The summed E-state index contributed by atoms with van der Waals surface area (Å²) in [4.78, 5) is 2.04. The van der Waals surface area contributed by atoms with Gasteiger partial charge in [0.2, 0.25) is 10.0 Å². The van der Waals surface area contributed by atoms with E-state index in [1.807, 2.05) is 4.90 Å². The van der Waals surface area contributed by atoms with E-state index in [1.54, 1.807) is 4.31 Å². The molecule has 5 heteroatoms. The highest BCUT2D eigenvalue weighted by Gasteiger charge is 2.29. The maximum atomic E-state index is 12.0. The zero-order valence-corrected chi connectivity index (χ0v) is 11.5. The number of sulfonamides is 1. The third-order valence-electron chi connectivity index (χ3n) is 2.79. The first kappa shape index (κ1) is 13.9. The molecule has 0 aromatic rings. The van der Waals surface area contributed by atoms with Crippen molar-refractivity contribution in [2.45, 2.75) is 33.6 Å². The Bertz CT molecular complexity index is 301. The highest BCUT2D eigenvalue weighted by atomic mass is 32.2. The number of rotatable bonds is 5. The van der Waals surface area contributed by atoms with E-state index in [2.05, 4.69) is 20.8 Å². The lowest BCUT2D eigenvalue weighted by Gasteiger charge is -2.34. The van der Waals surface area contributed by atoms with Crippen LogP contribution in [0.2, 0.25) is 0 Å². The van der Waals surface area contributed by atoms with Crippen molar-refractivity contribution in [1.29, 1.82) is 0 Å². The quantitative estimate of drug-likeness (QED) is 0.737. The predicted molar refractivity (Wildman–Crippen MR) is 66.7 cm³/mol. The summed E-state index contributed by atoms with van der Waals surface area (Å²) < 4.78 is 25.6. The second kappa shape index (κ2) is 5.98. The minimum Gasteiger partial charge on any atom is -0.287 e. The molecule has 0 saturated carbocycles. The van der Waals surface area contributed by atoms with Crippen molar-refractivity contribution in [2.24, 2.45) is 5.92 Å². The van der Waals surface area contributed by atoms with E-state index >= 15 is 0 Å². The Morgan fingerprint density at radius 3 is 2.44 bits per heavy atom. The van der Waals surface area contributed by atoms with Gasteiger partial charge in [0.15, 0.2) is 0 Å². The SMILES string of the molecule is CCCCN1CCN(CC(C)C)CS1(=O)=O. The summed E-state index contributed by atoms with van der Waals surface area (Å²) in [6.45, 7) is 9.43. The van der Waals surface area contributed by atoms with E-state index in [1.165, 1.54) is 0 Å². The summed E-state index contributed by atoms with van der Waals surface area (Å²) >= 11 is 0. The van der Waals surface area contributed by atoms with Gasteiger partial charge in [0.05, 0.1) is 0 Å². The van der Waals surface area contributed by atoms with Gasteiger partial charge in [-0.3, -0.25) is 4.90 Å². The molecule has 1 aliphatic heterocycles. The molecule has 0 spiro atoms. The van der Waals surface area contributed by atoms with Crippen molar-refractivity contribution in [2.75, 3.05) is 32.1 Å². The van der Waals surface area contributed by atoms with Crippen LogP contribution in [-0.4, -0.2) is 49.7 Å². The summed E-state index contributed by atoms with van der Waals surface area (Å²) in [6.07, 6.45) is 2.01. The number of nitrogens with zero attached hydrogens (tertiary/aromatic N) is 2. The molecule has 96 valence electrons. The molecule has 0 bridgehead atoms. The molecule has 0 amide bonds. The number of unbranched alkanes of at least 4 members (excludes halogenated alkanes) is 1. The lowest BCUT2D eigenvalue weighted by Crippen LogP contribution is -2.50. The normalized spacial score (nSPS) is 22.8. The standard InChI is InChI=1S/C11H24N2O2S/c1-4-5-6-13-8-7-12(9-11(2)3)10-16(13,14)15/h11H,4-10H2,1-3H3. The summed E-state index contributed by atoms with van der Waals surface area (Å²) in [5, 5.41) is 0. The van der Waals surface area contributed by atoms with Crippen molar-refractivity contribution in [1.82, 2.24) is 9.21 Å². The molecule has 16 heavy (non-hydrogen) atoms. The van der Waals surface area contributed by atoms with E-state index in [-0.39, 0.29) is 5.88 Å². The van der Waals surface area contributed by atoms with Crippen LogP contribution in [0.25, 0.3) is 0 Å². The molecule has 0 unspecified atom stereocenters. The molecule has 1 heterocycles. The molecule has 1 fully saturated rings. The van der Waals surface area contributed by atoms with Gasteiger partial charge in [0.25, 0.3) is 0 Å². The van der Waals surface area contributed by atoms with Gasteiger partial charge >= 0.3 is 0 Å². The van der Waals surface area contributed by atoms with Crippen molar-refractivity contribution >= 4 is 10.0 Å². The highest BCUT2D eigenvalue weighted by Crippen LogP contribution is 2.13. The smallest absolute Gasteiger partial charge is 0.227 e. The average molecular weight is 248 g/mol. The van der Waals surface area contributed by atoms with Crippen LogP contribution in [-0.2, 0) is 10.0 Å². The van der Waals surface area contributed by atoms with Crippen molar-refractivity contribution in [3.63, 3.8) is 0 Å². The Morgan fingerprint density at radius 1 is 1.25 bits per heavy atom. The zero-order chi connectivity index (χ0) is 12.2. The Hall–Kier alpha value is -0.130. The summed E-state index contributed by atoms with van der Waals surface area (Å²) in [5.74, 6) is 0.729. The second-order valence-corrected chi connectivity index (χ2v) is 6.90. The second-order valence-electron chi connectivity index (χ2n) is 4.96. The van der Waals surface area contributed by atoms with E-state index in [0.29, 0.717) is 19.0 Å². The molecular formula is C11H24N2O2S. The minimum atomic E-state index is -3.03. The van der Waals surface area contributed by atoms with Gasteiger partial charge in [-0.05, 0) is 12.3 Å². The molecular weight excluding hydrogens is 224 g/mol. The first-order valence-corrected chi connectivity index (χ1v) is 7.76. The van der Waals surface area contributed by atoms with Crippen LogP contribution in [0.4, 0.5) is 0 Å². The predicted octanol–water partition coefficient (Wildman–Crippen LogP) is 1.35. The Morgan fingerprint density at radius 2 is 1.94 bits per heavy atom. The molecule has 1 saturated heterocycles. The Labute approximate surface area is 99.7 Å². The fourth-order valence-electron chi connectivity index (χ4n) is 2.01. The molecule has 4 nitrogen and oxygen atoms in total. The fourth-order valence-corrected chi connectivity index (χ4v) is 3.64. The fraction of sp³-hybridized carbons (Fsp3) is 1.00. The van der Waals surface area contributed by atoms with E-state index < -0.39 is 10.0 Å². The topological polar surface area (TPSA) is 40.6 Å². The average Bonchev–Trinajstić information content (AvgIpc) is 2.14. The maximum absolute atomic E-state index is 12.0. The van der Waals surface area contributed by atoms with Gasteiger partial charge in [-0.1, -0.05) is 27.2 Å². The van der Waals surface area contributed by atoms with Gasteiger partial charge in [-0.15, -0.1) is 0 Å². The molecule has 1 rings (SSSR count). The van der Waals surface area contributed by atoms with Crippen LogP contribution >= 0.6 is 0 Å². The Kier molecular flexibility index (Phi) is 5.21. The largest absolute Gasteiger partial charge is 0.287 e. The van der Waals surface area contributed by atoms with Crippen LogP contribution in [0.1, 0.15) is 33.6 Å². The van der Waals surface area contributed by atoms with Gasteiger partial charge in [-0.25, -0.2) is 8.42 Å². The molecule has 0 radical (unpaired) electrons. The molecule has 0 aromatic carbocycles. The van der Waals surface area contributed by atoms with Crippen molar-refractivity contribution in [3.05, 3.63) is 0 Å². The number of hydrogen-bond donors (Lipinski definition) is 0. The lowest BCUT2D eigenvalue weighted by molar-refractivity contribution is 0.223. The summed E-state index contributed by atoms with van der Waals surface area (Å²) in [6, 6.07) is 0. The third-order valence-corrected chi connectivity index (χ3v) is 4.63. The first-order valence-electron chi connectivity index (χ1n) is 6.16. The van der Waals surface area contributed by atoms with E-state index in [9.17, 15) is 8.42 Å². The van der Waals surface area contributed by atoms with Crippen LogP contribution in [0, 0.1) is 5.92 Å². The van der Waals surface area contributed by atoms with Crippen LogP contribution in [0.3, 0.4) is 0 Å². The first-order chi connectivity index (χ1) is 7.45. The van der Waals surface area contributed by atoms with Gasteiger partial charge in [0, 0.05) is 26.2 Å². The molecule has 0 aliphatic carbocycles. The third kappa shape index (κ3) is 4.03. The van der Waals surface area contributed by atoms with E-state index in [4.69, 9.17) is 0 Å². The van der Waals surface area contributed by atoms with Gasteiger partial charge in [-0.2, -0.15) is 4.31 Å². The van der Waals surface area contributed by atoms with Gasteiger partial charge in [0.1, 0.15) is 5.88 Å². The molecule has 0 N–H and O–H groups in total. The zero-order valence-electron chi connectivity index (χ0n) is 10.6. The van der Waals surface area contributed by atoms with E-state index in [0.717, 1.165) is 25.9 Å². The van der Waals surface area contributed by atoms with Crippen molar-refractivity contribution in [3.8, 4) is 0 Å². The van der Waals surface area contributed by atoms with Crippen LogP contribution < -0.4 is 0 Å². The van der Waals surface area contributed by atoms with Crippen LogP contribution in [0.5, 0.6) is 0 Å². The van der Waals surface area contributed by atoms with Crippen molar-refractivity contribution < 1.29 is 8.42 Å². The maximum Gasteiger partial charge on any atom is 0.227 e. The summed E-state index contributed by atoms with van der Waals surface area (Å²) in [5.41, 5.74) is 0. The Balaban J connectivity index is 2.52. The number of hydrogen-bond acceptors (Lipinski definition) is 3. The van der Waals surface area contributed by atoms with Gasteiger partial charge < -0.3 is 0 Å². The molecule has 1 aliphatic rings.